The summed E-state index contributed by atoms with van der Waals surface area (Å²) in [6, 6.07) is 4.00. The fraction of sp³-hybridized carbons (Fsp3) is 0.643. The summed E-state index contributed by atoms with van der Waals surface area (Å²) in [6.07, 6.45) is 5.30. The van der Waals surface area contributed by atoms with E-state index in [1.54, 1.807) is 11.3 Å². The van der Waals surface area contributed by atoms with Gasteiger partial charge in [-0.15, -0.1) is 11.3 Å². The van der Waals surface area contributed by atoms with Crippen LogP contribution in [0.5, 0.6) is 0 Å². The first-order valence-corrected chi connectivity index (χ1v) is 8.23. The standard InChI is InChI=1S/C14H20OS2/c1-10-4-3-5-12(8-10)16-9-13(15)14-7-6-11(2)17-14/h6-7,10,12H,3-5,8-9H2,1-2H3. The van der Waals surface area contributed by atoms with E-state index in [-0.39, 0.29) is 0 Å². The minimum Gasteiger partial charge on any atom is -0.292 e. The molecule has 3 heteroatoms. The molecule has 2 atom stereocenters. The lowest BCUT2D eigenvalue weighted by atomic mass is 9.91. The first-order chi connectivity index (χ1) is 8.15. The molecular weight excluding hydrogens is 248 g/mol. The molecule has 0 saturated heterocycles. The average Bonchev–Trinajstić information content (AvgIpc) is 2.73. The van der Waals surface area contributed by atoms with Crippen molar-refractivity contribution in [2.75, 3.05) is 5.75 Å². The van der Waals surface area contributed by atoms with Crippen molar-refractivity contribution in [1.82, 2.24) is 0 Å². The molecule has 1 nitrogen and oxygen atoms in total. The Balaban J connectivity index is 1.80. The molecule has 2 rings (SSSR count). The highest BCUT2D eigenvalue weighted by atomic mass is 32.2. The molecule has 17 heavy (non-hydrogen) atoms. The maximum atomic E-state index is 12.0. The molecule has 2 unspecified atom stereocenters. The Hall–Kier alpha value is -0.280. The second kappa shape index (κ2) is 6.05. The maximum Gasteiger partial charge on any atom is 0.182 e. The summed E-state index contributed by atoms with van der Waals surface area (Å²) in [5.74, 6) is 1.82. The van der Waals surface area contributed by atoms with E-state index in [0.717, 1.165) is 10.8 Å². The van der Waals surface area contributed by atoms with Gasteiger partial charge in [0, 0.05) is 10.1 Å². The van der Waals surface area contributed by atoms with E-state index < -0.39 is 0 Å². The highest BCUT2D eigenvalue weighted by Crippen LogP contribution is 2.32. The number of thioether (sulfide) groups is 1. The summed E-state index contributed by atoms with van der Waals surface area (Å²) in [6.45, 7) is 4.38. The van der Waals surface area contributed by atoms with E-state index in [2.05, 4.69) is 13.8 Å². The second-order valence-corrected chi connectivity index (χ2v) is 7.61. The molecule has 1 saturated carbocycles. The molecule has 1 aromatic heterocycles. The van der Waals surface area contributed by atoms with Crippen LogP contribution in [0.1, 0.15) is 47.2 Å². The van der Waals surface area contributed by atoms with Crippen LogP contribution in [-0.4, -0.2) is 16.8 Å². The lowest BCUT2D eigenvalue weighted by molar-refractivity contribution is 0.102. The Morgan fingerprint density at radius 3 is 2.94 bits per heavy atom. The molecule has 1 aromatic rings. The fourth-order valence-corrected chi connectivity index (χ4v) is 4.62. The van der Waals surface area contributed by atoms with Crippen molar-refractivity contribution in [3.05, 3.63) is 21.9 Å². The van der Waals surface area contributed by atoms with Crippen molar-refractivity contribution in [1.29, 1.82) is 0 Å². The Bertz CT molecular complexity index is 383. The van der Waals surface area contributed by atoms with Crippen LogP contribution in [0.3, 0.4) is 0 Å². The molecule has 1 heterocycles. The summed E-state index contributed by atoms with van der Waals surface area (Å²) >= 11 is 3.49. The minimum absolute atomic E-state index is 0.311. The topological polar surface area (TPSA) is 17.1 Å². The van der Waals surface area contributed by atoms with E-state index >= 15 is 0 Å². The zero-order chi connectivity index (χ0) is 12.3. The first kappa shape index (κ1) is 13.2. The molecule has 0 aliphatic heterocycles. The Labute approximate surface area is 112 Å². The summed E-state index contributed by atoms with van der Waals surface area (Å²) in [7, 11) is 0. The third-order valence-electron chi connectivity index (χ3n) is 3.35. The lowest BCUT2D eigenvalue weighted by Crippen LogP contribution is -2.17. The molecule has 1 aliphatic rings. The van der Waals surface area contributed by atoms with Gasteiger partial charge in [-0.25, -0.2) is 0 Å². The maximum absolute atomic E-state index is 12.0. The molecule has 0 N–H and O–H groups in total. The number of ketones is 1. The molecular formula is C14H20OS2. The van der Waals surface area contributed by atoms with Gasteiger partial charge in [0.2, 0.25) is 0 Å². The highest BCUT2D eigenvalue weighted by molar-refractivity contribution is 8.00. The van der Waals surface area contributed by atoms with Gasteiger partial charge >= 0.3 is 0 Å². The van der Waals surface area contributed by atoms with Crippen LogP contribution in [0.2, 0.25) is 0 Å². The minimum atomic E-state index is 0.311. The third-order valence-corrected chi connectivity index (χ3v) is 5.72. The van der Waals surface area contributed by atoms with Gasteiger partial charge in [-0.2, -0.15) is 11.8 Å². The van der Waals surface area contributed by atoms with Crippen LogP contribution in [0, 0.1) is 12.8 Å². The number of rotatable bonds is 4. The molecule has 0 aromatic carbocycles. The average molecular weight is 268 g/mol. The van der Waals surface area contributed by atoms with Crippen LogP contribution in [0.25, 0.3) is 0 Å². The smallest absolute Gasteiger partial charge is 0.182 e. The zero-order valence-electron chi connectivity index (χ0n) is 10.6. The number of carbonyl (C=O) groups excluding carboxylic acids is 1. The lowest BCUT2D eigenvalue weighted by Gasteiger charge is -2.25. The van der Waals surface area contributed by atoms with Gasteiger partial charge in [0.25, 0.3) is 0 Å². The SMILES string of the molecule is Cc1ccc(C(=O)CSC2CCCC(C)C2)s1. The van der Waals surface area contributed by atoms with Gasteiger partial charge in [0.1, 0.15) is 0 Å². The Morgan fingerprint density at radius 2 is 2.29 bits per heavy atom. The van der Waals surface area contributed by atoms with Gasteiger partial charge in [-0.05, 0) is 37.8 Å². The van der Waals surface area contributed by atoms with Crippen molar-refractivity contribution in [3.8, 4) is 0 Å². The summed E-state index contributed by atoms with van der Waals surface area (Å²) < 4.78 is 0. The zero-order valence-corrected chi connectivity index (χ0v) is 12.2. The predicted octanol–water partition coefficient (Wildman–Crippen LogP) is 4.55. The van der Waals surface area contributed by atoms with E-state index in [1.165, 1.54) is 30.6 Å². The number of hydrogen-bond acceptors (Lipinski definition) is 3. The van der Waals surface area contributed by atoms with Crippen molar-refractivity contribution >= 4 is 28.9 Å². The van der Waals surface area contributed by atoms with Gasteiger partial charge in [-0.3, -0.25) is 4.79 Å². The molecule has 0 bridgehead atoms. The molecule has 1 fully saturated rings. The van der Waals surface area contributed by atoms with Crippen LogP contribution < -0.4 is 0 Å². The Morgan fingerprint density at radius 1 is 1.47 bits per heavy atom. The predicted molar refractivity (Wildman–Crippen MR) is 77.3 cm³/mol. The largest absolute Gasteiger partial charge is 0.292 e. The van der Waals surface area contributed by atoms with Gasteiger partial charge in [0.15, 0.2) is 5.78 Å². The van der Waals surface area contributed by atoms with E-state index in [9.17, 15) is 4.79 Å². The first-order valence-electron chi connectivity index (χ1n) is 6.36. The second-order valence-electron chi connectivity index (χ2n) is 5.04. The number of carbonyl (C=O) groups is 1. The van der Waals surface area contributed by atoms with E-state index in [0.29, 0.717) is 16.8 Å². The quantitative estimate of drug-likeness (QED) is 0.745. The van der Waals surface area contributed by atoms with Crippen LogP contribution in [0.15, 0.2) is 12.1 Å². The van der Waals surface area contributed by atoms with Gasteiger partial charge in [0.05, 0.1) is 10.6 Å². The summed E-state index contributed by atoms with van der Waals surface area (Å²) in [5, 5.41) is 0.712. The highest BCUT2D eigenvalue weighted by Gasteiger charge is 2.20. The van der Waals surface area contributed by atoms with Gasteiger partial charge < -0.3 is 0 Å². The van der Waals surface area contributed by atoms with Crippen LogP contribution in [0.4, 0.5) is 0 Å². The molecule has 0 radical (unpaired) electrons. The van der Waals surface area contributed by atoms with Crippen molar-refractivity contribution < 1.29 is 4.79 Å². The monoisotopic (exact) mass is 268 g/mol. The fourth-order valence-electron chi connectivity index (χ4n) is 2.38. The summed E-state index contributed by atoms with van der Waals surface area (Å²) in [4.78, 5) is 14.1. The molecule has 94 valence electrons. The van der Waals surface area contributed by atoms with Crippen molar-refractivity contribution in [2.45, 2.75) is 44.8 Å². The third kappa shape index (κ3) is 3.85. The van der Waals surface area contributed by atoms with Gasteiger partial charge in [-0.1, -0.05) is 19.8 Å². The van der Waals surface area contributed by atoms with Crippen LogP contribution in [-0.2, 0) is 0 Å². The van der Waals surface area contributed by atoms with E-state index in [1.807, 2.05) is 23.9 Å². The molecule has 0 amide bonds. The number of Topliss-reactive ketones (excluding diaryl/α,β-unsaturated/α-hetero) is 1. The Kier molecular flexibility index (Phi) is 4.69. The molecule has 0 spiro atoms. The normalized spacial score (nSPS) is 24.8. The summed E-state index contributed by atoms with van der Waals surface area (Å²) in [5.41, 5.74) is 0. The molecule has 1 aliphatic carbocycles. The van der Waals surface area contributed by atoms with E-state index in [4.69, 9.17) is 0 Å². The van der Waals surface area contributed by atoms with Crippen molar-refractivity contribution in [2.24, 2.45) is 5.92 Å². The van der Waals surface area contributed by atoms with Crippen LogP contribution >= 0.6 is 23.1 Å². The van der Waals surface area contributed by atoms with Crippen molar-refractivity contribution in [3.63, 3.8) is 0 Å². The number of aryl methyl sites for hydroxylation is 1. The number of thiophene rings is 1. The number of hydrogen-bond donors (Lipinski definition) is 0.